The van der Waals surface area contributed by atoms with Crippen LogP contribution >= 0.6 is 11.6 Å². The van der Waals surface area contributed by atoms with Crippen molar-refractivity contribution in [3.63, 3.8) is 0 Å². The number of methoxy groups -OCH3 is 1. The maximum absolute atomic E-state index is 12.6. The molecule has 1 aromatic carbocycles. The average Bonchev–Trinajstić information content (AvgIpc) is 2.52. The van der Waals surface area contributed by atoms with E-state index in [4.69, 9.17) is 22.1 Å². The number of nitrogens with zero attached hydrogens (tertiary/aromatic N) is 1. The first kappa shape index (κ1) is 15.4. The first-order valence-corrected chi connectivity index (χ1v) is 8.12. The molecule has 0 aromatic heterocycles. The fourth-order valence-corrected chi connectivity index (χ4v) is 3.70. The third kappa shape index (κ3) is 3.01. The molecule has 6 heteroatoms. The number of anilines is 1. The standard InChI is InChI=1S/C16H22ClN3O2/c1-22-15-8-13(18)12(17)7-11(15)16(21)19-14-4-6-20-5-2-3-10(14)9-20/h7-8,10,14H,2-6,9,18H2,1H3,(H,19,21)/t10-,14?/m0/s1. The van der Waals surface area contributed by atoms with Gasteiger partial charge in [-0.1, -0.05) is 11.6 Å². The van der Waals surface area contributed by atoms with Crippen LogP contribution < -0.4 is 15.8 Å². The lowest BCUT2D eigenvalue weighted by Gasteiger charge is -2.42. The van der Waals surface area contributed by atoms with E-state index in [-0.39, 0.29) is 11.9 Å². The van der Waals surface area contributed by atoms with Gasteiger partial charge in [0.1, 0.15) is 5.75 Å². The number of carbonyl (C=O) groups excluding carboxylic acids is 1. The number of carbonyl (C=O) groups is 1. The van der Waals surface area contributed by atoms with Crippen molar-refractivity contribution in [2.75, 3.05) is 32.5 Å². The minimum Gasteiger partial charge on any atom is -0.496 e. The molecule has 2 bridgehead atoms. The summed E-state index contributed by atoms with van der Waals surface area (Å²) >= 11 is 6.05. The van der Waals surface area contributed by atoms with Crippen LogP contribution in [-0.2, 0) is 0 Å². The third-order valence-corrected chi connectivity index (χ3v) is 5.07. The highest BCUT2D eigenvalue weighted by Crippen LogP contribution is 2.30. The van der Waals surface area contributed by atoms with Gasteiger partial charge >= 0.3 is 0 Å². The molecular formula is C16H22ClN3O2. The van der Waals surface area contributed by atoms with Crippen molar-refractivity contribution < 1.29 is 9.53 Å². The lowest BCUT2D eigenvalue weighted by molar-refractivity contribution is 0.0737. The van der Waals surface area contributed by atoms with E-state index in [0.29, 0.717) is 27.9 Å². The Labute approximate surface area is 135 Å². The number of benzene rings is 1. The molecular weight excluding hydrogens is 302 g/mol. The number of fused-ring (bicyclic) bond motifs is 2. The minimum absolute atomic E-state index is 0.136. The van der Waals surface area contributed by atoms with Gasteiger partial charge in [-0.2, -0.15) is 0 Å². The second kappa shape index (κ2) is 6.34. The molecule has 3 N–H and O–H groups in total. The summed E-state index contributed by atoms with van der Waals surface area (Å²) in [6.07, 6.45) is 3.40. The fourth-order valence-electron chi connectivity index (χ4n) is 3.53. The quantitative estimate of drug-likeness (QED) is 0.836. The summed E-state index contributed by atoms with van der Waals surface area (Å²) in [7, 11) is 1.53. The van der Waals surface area contributed by atoms with Crippen molar-refractivity contribution in [2.45, 2.75) is 25.3 Å². The molecule has 22 heavy (non-hydrogen) atoms. The average molecular weight is 324 g/mol. The van der Waals surface area contributed by atoms with Gasteiger partial charge in [0.05, 0.1) is 23.4 Å². The first-order chi connectivity index (χ1) is 10.6. The van der Waals surface area contributed by atoms with E-state index >= 15 is 0 Å². The van der Waals surface area contributed by atoms with Crippen LogP contribution in [0.1, 0.15) is 29.6 Å². The maximum atomic E-state index is 12.6. The molecule has 2 unspecified atom stereocenters. The SMILES string of the molecule is COc1cc(N)c(Cl)cc1C(=O)NC1CCN2CCC[C@H]1C2. The van der Waals surface area contributed by atoms with Crippen molar-refractivity contribution in [1.29, 1.82) is 0 Å². The zero-order chi connectivity index (χ0) is 15.7. The van der Waals surface area contributed by atoms with Gasteiger partial charge in [-0.05, 0) is 37.8 Å². The normalized spacial score (nSPS) is 27.3. The van der Waals surface area contributed by atoms with Crippen LogP contribution in [0.2, 0.25) is 5.02 Å². The summed E-state index contributed by atoms with van der Waals surface area (Å²) in [5.74, 6) is 0.866. The molecule has 2 saturated heterocycles. The number of nitrogen functional groups attached to an aromatic ring is 1. The highest BCUT2D eigenvalue weighted by atomic mass is 35.5. The van der Waals surface area contributed by atoms with Gasteiger partial charge in [0.2, 0.25) is 0 Å². The molecule has 0 aliphatic carbocycles. The summed E-state index contributed by atoms with van der Waals surface area (Å²) in [5, 5.41) is 3.54. The number of piperidine rings is 2. The van der Waals surface area contributed by atoms with E-state index in [2.05, 4.69) is 10.2 Å². The number of nitrogens with two attached hydrogens (primary N) is 1. The van der Waals surface area contributed by atoms with Gasteiger partial charge < -0.3 is 20.7 Å². The van der Waals surface area contributed by atoms with Crippen LogP contribution in [0.15, 0.2) is 12.1 Å². The molecule has 120 valence electrons. The molecule has 2 aliphatic heterocycles. The zero-order valence-electron chi connectivity index (χ0n) is 12.8. The van der Waals surface area contributed by atoms with Gasteiger partial charge in [0.25, 0.3) is 5.91 Å². The Morgan fingerprint density at radius 2 is 2.23 bits per heavy atom. The van der Waals surface area contributed by atoms with E-state index < -0.39 is 0 Å². The van der Waals surface area contributed by atoms with Gasteiger partial charge in [0.15, 0.2) is 0 Å². The molecule has 1 amide bonds. The Morgan fingerprint density at radius 1 is 1.41 bits per heavy atom. The number of amides is 1. The zero-order valence-corrected chi connectivity index (χ0v) is 13.5. The van der Waals surface area contributed by atoms with E-state index in [9.17, 15) is 4.79 Å². The van der Waals surface area contributed by atoms with Crippen LogP contribution in [0, 0.1) is 5.92 Å². The predicted octanol–water partition coefficient (Wildman–Crippen LogP) is 2.14. The van der Waals surface area contributed by atoms with Crippen molar-refractivity contribution >= 4 is 23.2 Å². The number of ether oxygens (including phenoxy) is 1. The second-order valence-electron chi connectivity index (χ2n) is 6.15. The molecule has 5 nitrogen and oxygen atoms in total. The number of halogens is 1. The molecule has 2 aliphatic rings. The van der Waals surface area contributed by atoms with Crippen LogP contribution in [0.4, 0.5) is 5.69 Å². The molecule has 2 fully saturated rings. The highest BCUT2D eigenvalue weighted by molar-refractivity contribution is 6.33. The van der Waals surface area contributed by atoms with Gasteiger partial charge in [-0.25, -0.2) is 0 Å². The lowest BCUT2D eigenvalue weighted by Crippen LogP contribution is -2.53. The lowest BCUT2D eigenvalue weighted by atomic mass is 9.85. The van der Waals surface area contributed by atoms with E-state index in [1.807, 2.05) is 0 Å². The topological polar surface area (TPSA) is 67.6 Å². The van der Waals surface area contributed by atoms with Crippen molar-refractivity contribution in [2.24, 2.45) is 5.92 Å². The van der Waals surface area contributed by atoms with Gasteiger partial charge in [-0.3, -0.25) is 4.79 Å². The number of rotatable bonds is 3. The Bertz CT molecular complexity index is 579. The highest BCUT2D eigenvalue weighted by Gasteiger charge is 2.33. The van der Waals surface area contributed by atoms with Crippen LogP contribution in [-0.4, -0.2) is 43.6 Å². The molecule has 3 atom stereocenters. The van der Waals surface area contributed by atoms with Crippen LogP contribution in [0.3, 0.4) is 0 Å². The Balaban J connectivity index is 1.75. The summed E-state index contributed by atoms with van der Waals surface area (Å²) in [4.78, 5) is 15.1. The number of hydrogen-bond acceptors (Lipinski definition) is 4. The smallest absolute Gasteiger partial charge is 0.255 e. The maximum Gasteiger partial charge on any atom is 0.255 e. The Kier molecular flexibility index (Phi) is 4.45. The molecule has 0 spiro atoms. The molecule has 0 radical (unpaired) electrons. The van der Waals surface area contributed by atoms with E-state index in [1.54, 1.807) is 12.1 Å². The minimum atomic E-state index is -0.136. The predicted molar refractivity (Wildman–Crippen MR) is 87.5 cm³/mol. The molecule has 0 saturated carbocycles. The largest absolute Gasteiger partial charge is 0.496 e. The van der Waals surface area contributed by atoms with Crippen molar-refractivity contribution in [3.8, 4) is 5.75 Å². The van der Waals surface area contributed by atoms with Crippen LogP contribution in [0.5, 0.6) is 5.75 Å². The second-order valence-corrected chi connectivity index (χ2v) is 6.55. The fraction of sp³-hybridized carbons (Fsp3) is 0.562. The third-order valence-electron chi connectivity index (χ3n) is 4.75. The summed E-state index contributed by atoms with van der Waals surface area (Å²) in [5.41, 5.74) is 6.62. The van der Waals surface area contributed by atoms with E-state index in [1.165, 1.54) is 26.5 Å². The van der Waals surface area contributed by atoms with Crippen molar-refractivity contribution in [3.05, 3.63) is 22.7 Å². The number of hydrogen-bond donors (Lipinski definition) is 2. The number of nitrogens with one attached hydrogen (secondary N) is 1. The molecule has 2 heterocycles. The summed E-state index contributed by atoms with van der Waals surface area (Å²) < 4.78 is 5.27. The Hall–Kier alpha value is -1.46. The van der Waals surface area contributed by atoms with Gasteiger partial charge in [0, 0.05) is 25.2 Å². The monoisotopic (exact) mass is 323 g/mol. The summed E-state index contributed by atoms with van der Waals surface area (Å²) in [6, 6.07) is 3.41. The van der Waals surface area contributed by atoms with Crippen molar-refractivity contribution in [1.82, 2.24) is 10.2 Å². The molecule has 1 aromatic rings. The summed E-state index contributed by atoms with van der Waals surface area (Å²) in [6.45, 7) is 3.34. The Morgan fingerprint density at radius 3 is 3.00 bits per heavy atom. The van der Waals surface area contributed by atoms with Crippen LogP contribution in [0.25, 0.3) is 0 Å². The van der Waals surface area contributed by atoms with E-state index in [0.717, 1.165) is 19.5 Å². The first-order valence-electron chi connectivity index (χ1n) is 7.74. The van der Waals surface area contributed by atoms with Gasteiger partial charge in [-0.15, -0.1) is 0 Å². The molecule has 3 rings (SSSR count).